The van der Waals surface area contributed by atoms with Crippen LogP contribution in [0, 0.1) is 0 Å². The number of rotatable bonds is 9. The Kier molecular flexibility index (Phi) is 6.27. The van der Waals surface area contributed by atoms with Gasteiger partial charge in [-0.15, -0.1) is 0 Å². The normalized spacial score (nSPS) is 10.8. The van der Waals surface area contributed by atoms with Crippen molar-refractivity contribution in [2.24, 2.45) is 0 Å². The van der Waals surface area contributed by atoms with E-state index in [0.29, 0.717) is 18.3 Å². The van der Waals surface area contributed by atoms with Crippen LogP contribution < -0.4 is 14.2 Å². The number of ether oxygens (including phenoxy) is 3. The molecule has 0 spiro atoms. The van der Waals surface area contributed by atoms with Gasteiger partial charge in [-0.05, 0) is 49.0 Å². The van der Waals surface area contributed by atoms with Crippen LogP contribution in [0.5, 0.6) is 17.2 Å². The van der Waals surface area contributed by atoms with Crippen LogP contribution in [-0.2, 0) is 19.7 Å². The van der Waals surface area contributed by atoms with E-state index in [-0.39, 0.29) is 6.61 Å². The Morgan fingerprint density at radius 3 is 2.41 bits per heavy atom. The summed E-state index contributed by atoms with van der Waals surface area (Å²) >= 11 is 0. The number of methoxy groups -OCH3 is 2. The number of aromatic nitrogens is 2. The Morgan fingerprint density at radius 2 is 1.67 bits per heavy atom. The second-order valence-electron chi connectivity index (χ2n) is 6.09. The second kappa shape index (κ2) is 9.05. The van der Waals surface area contributed by atoms with E-state index in [9.17, 15) is 0 Å². The molecule has 142 valence electrons. The lowest BCUT2D eigenvalue weighted by Crippen LogP contribution is -2.17. The zero-order valence-corrected chi connectivity index (χ0v) is 15.7. The fourth-order valence-corrected chi connectivity index (χ4v) is 2.60. The summed E-state index contributed by atoms with van der Waals surface area (Å²) in [4.78, 5) is 6.47. The van der Waals surface area contributed by atoms with Crippen molar-refractivity contribution in [3.63, 3.8) is 0 Å². The van der Waals surface area contributed by atoms with Crippen LogP contribution in [0.2, 0.25) is 0 Å². The third-order valence-electron chi connectivity index (χ3n) is 3.93. The van der Waals surface area contributed by atoms with Crippen molar-refractivity contribution in [2.75, 3.05) is 21.3 Å². The van der Waals surface area contributed by atoms with Crippen LogP contribution in [0.15, 0.2) is 53.1 Å². The fourth-order valence-electron chi connectivity index (χ4n) is 2.60. The van der Waals surface area contributed by atoms with Crippen molar-refractivity contribution < 1.29 is 18.7 Å². The summed E-state index contributed by atoms with van der Waals surface area (Å²) in [5.41, 5.74) is 1.15. The first-order chi connectivity index (χ1) is 13.2. The van der Waals surface area contributed by atoms with Gasteiger partial charge < -0.3 is 18.7 Å². The van der Waals surface area contributed by atoms with Crippen molar-refractivity contribution in [1.82, 2.24) is 15.0 Å². The lowest BCUT2D eigenvalue weighted by Gasteiger charge is -2.14. The summed E-state index contributed by atoms with van der Waals surface area (Å²) in [7, 11) is 5.29. The zero-order chi connectivity index (χ0) is 19.1. The van der Waals surface area contributed by atoms with Gasteiger partial charge in [-0.2, -0.15) is 4.98 Å². The molecule has 2 aromatic carbocycles. The van der Waals surface area contributed by atoms with Crippen molar-refractivity contribution in [3.8, 4) is 17.2 Å². The summed E-state index contributed by atoms with van der Waals surface area (Å²) < 4.78 is 21.4. The molecule has 1 aromatic heterocycles. The van der Waals surface area contributed by atoms with Crippen molar-refractivity contribution >= 4 is 0 Å². The number of nitrogens with zero attached hydrogens (tertiary/aromatic N) is 3. The number of hydrogen-bond donors (Lipinski definition) is 0. The van der Waals surface area contributed by atoms with Crippen molar-refractivity contribution in [3.05, 3.63) is 65.8 Å². The maximum atomic E-state index is 5.66. The van der Waals surface area contributed by atoms with Gasteiger partial charge in [-0.1, -0.05) is 17.3 Å². The quantitative estimate of drug-likeness (QED) is 0.573. The highest BCUT2D eigenvalue weighted by Crippen LogP contribution is 2.18. The first-order valence-electron chi connectivity index (χ1n) is 8.56. The Bertz CT molecular complexity index is 848. The van der Waals surface area contributed by atoms with E-state index in [0.717, 1.165) is 29.4 Å². The summed E-state index contributed by atoms with van der Waals surface area (Å²) in [5, 5.41) is 3.97. The van der Waals surface area contributed by atoms with Crippen LogP contribution in [0.1, 0.15) is 17.3 Å². The van der Waals surface area contributed by atoms with E-state index in [4.69, 9.17) is 18.7 Å². The predicted octanol–water partition coefficient (Wildman–Crippen LogP) is 3.30. The zero-order valence-electron chi connectivity index (χ0n) is 15.7. The van der Waals surface area contributed by atoms with E-state index < -0.39 is 0 Å². The van der Waals surface area contributed by atoms with Gasteiger partial charge >= 0.3 is 0 Å². The van der Waals surface area contributed by atoms with Crippen LogP contribution in [0.25, 0.3) is 0 Å². The molecule has 0 aliphatic rings. The van der Waals surface area contributed by atoms with Gasteiger partial charge in [0, 0.05) is 6.54 Å². The van der Waals surface area contributed by atoms with Gasteiger partial charge in [0.1, 0.15) is 17.2 Å². The van der Waals surface area contributed by atoms with E-state index in [1.165, 1.54) is 0 Å². The molecule has 27 heavy (non-hydrogen) atoms. The molecule has 0 fully saturated rings. The summed E-state index contributed by atoms with van der Waals surface area (Å²) in [6.45, 7) is 1.54. The van der Waals surface area contributed by atoms with Gasteiger partial charge in [-0.3, -0.25) is 4.90 Å². The first kappa shape index (κ1) is 18.7. The molecule has 0 saturated heterocycles. The average molecular weight is 369 g/mol. The van der Waals surface area contributed by atoms with Gasteiger partial charge in [0.15, 0.2) is 6.61 Å². The monoisotopic (exact) mass is 369 g/mol. The van der Waals surface area contributed by atoms with E-state index in [2.05, 4.69) is 21.1 Å². The first-order valence-corrected chi connectivity index (χ1v) is 8.56. The molecule has 1 heterocycles. The Labute approximate surface area is 158 Å². The molecule has 0 unspecified atom stereocenters. The Balaban J connectivity index is 1.50. The molecule has 0 atom stereocenters. The summed E-state index contributed by atoms with van der Waals surface area (Å²) in [5.74, 6) is 3.40. The Morgan fingerprint density at radius 1 is 0.926 bits per heavy atom. The van der Waals surface area contributed by atoms with E-state index in [1.807, 2.05) is 49.5 Å². The van der Waals surface area contributed by atoms with Gasteiger partial charge in [-0.25, -0.2) is 0 Å². The topological polar surface area (TPSA) is 69.9 Å². The fraction of sp³-hybridized carbons (Fsp3) is 0.300. The molecule has 0 radical (unpaired) electrons. The molecule has 0 bridgehead atoms. The third kappa shape index (κ3) is 5.46. The van der Waals surface area contributed by atoms with E-state index in [1.54, 1.807) is 14.2 Å². The van der Waals surface area contributed by atoms with Crippen LogP contribution in [0.4, 0.5) is 0 Å². The minimum absolute atomic E-state index is 0.245. The summed E-state index contributed by atoms with van der Waals surface area (Å²) in [6, 6.07) is 15.3. The molecule has 7 nitrogen and oxygen atoms in total. The molecule has 0 amide bonds. The van der Waals surface area contributed by atoms with Gasteiger partial charge in [0.05, 0.1) is 20.8 Å². The highest BCUT2D eigenvalue weighted by molar-refractivity contribution is 5.31. The minimum atomic E-state index is 0.245. The molecule has 7 heteroatoms. The molecule has 3 rings (SSSR count). The minimum Gasteiger partial charge on any atom is -0.497 e. The molecule has 0 N–H and O–H groups in total. The van der Waals surface area contributed by atoms with Crippen LogP contribution in [-0.4, -0.2) is 36.3 Å². The lowest BCUT2D eigenvalue weighted by molar-refractivity contribution is 0.256. The largest absolute Gasteiger partial charge is 0.497 e. The van der Waals surface area contributed by atoms with E-state index >= 15 is 0 Å². The number of hydrogen-bond acceptors (Lipinski definition) is 7. The van der Waals surface area contributed by atoms with Crippen LogP contribution >= 0.6 is 0 Å². The molecule has 0 aliphatic carbocycles. The smallest absolute Gasteiger partial charge is 0.240 e. The maximum absolute atomic E-state index is 5.66. The average Bonchev–Trinajstić information content (AvgIpc) is 3.14. The molecule has 3 aromatic rings. The highest BCUT2D eigenvalue weighted by Gasteiger charge is 2.10. The van der Waals surface area contributed by atoms with Crippen molar-refractivity contribution in [1.29, 1.82) is 0 Å². The second-order valence-corrected chi connectivity index (χ2v) is 6.09. The standard InChI is InChI=1S/C20H23N3O4/c1-23(12-15-5-4-6-18(11-15)25-3)13-20-21-19(22-27-20)14-26-17-9-7-16(24-2)8-10-17/h4-11H,12-14H2,1-3H3. The third-order valence-corrected chi connectivity index (χ3v) is 3.93. The molecular weight excluding hydrogens is 346 g/mol. The highest BCUT2D eigenvalue weighted by atomic mass is 16.5. The van der Waals surface area contributed by atoms with Gasteiger partial charge in [0.25, 0.3) is 0 Å². The van der Waals surface area contributed by atoms with Crippen molar-refractivity contribution in [2.45, 2.75) is 19.7 Å². The lowest BCUT2D eigenvalue weighted by atomic mass is 10.2. The van der Waals surface area contributed by atoms with Gasteiger partial charge in [0.2, 0.25) is 11.7 Å². The summed E-state index contributed by atoms with van der Waals surface area (Å²) in [6.07, 6.45) is 0. The SMILES string of the molecule is COc1ccc(OCc2noc(CN(C)Cc3cccc(OC)c3)n2)cc1. The predicted molar refractivity (Wildman–Crippen MR) is 99.8 cm³/mol. The number of benzene rings is 2. The Hall–Kier alpha value is -3.06. The molecule has 0 aliphatic heterocycles. The molecule has 0 saturated carbocycles. The maximum Gasteiger partial charge on any atom is 0.240 e. The van der Waals surface area contributed by atoms with Crippen LogP contribution in [0.3, 0.4) is 0 Å². The molecular formula is C20H23N3O4.